The number of nitrogens with one attached hydrogen (secondary N) is 1. The van der Waals surface area contributed by atoms with E-state index in [2.05, 4.69) is 11.4 Å². The van der Waals surface area contributed by atoms with E-state index in [-0.39, 0.29) is 0 Å². The first-order valence-electron chi connectivity index (χ1n) is 7.86. The third-order valence-electron chi connectivity index (χ3n) is 5.75. The van der Waals surface area contributed by atoms with E-state index in [1.165, 1.54) is 37.7 Å². The predicted octanol–water partition coefficient (Wildman–Crippen LogP) is 4.91. The molecule has 1 N–H and O–H groups in total. The molecule has 4 fully saturated rings. The van der Waals surface area contributed by atoms with Gasteiger partial charge in [-0.25, -0.2) is 0 Å². The molecule has 0 aliphatic heterocycles. The Morgan fingerprint density at radius 1 is 0.900 bits per heavy atom. The van der Waals surface area contributed by atoms with Crippen molar-refractivity contribution in [3.63, 3.8) is 0 Å². The standard InChI is InChI=1S/C17H21Cl2N/c18-15-2-1-10(8-16(15)19)9-20-17-13-4-11-3-12(6-13)7-14(17)5-11/h1-2,8,11-14,17,20H,3-7,9H2. The van der Waals surface area contributed by atoms with Crippen LogP contribution in [0.1, 0.15) is 37.7 Å². The zero-order valence-electron chi connectivity index (χ0n) is 11.6. The van der Waals surface area contributed by atoms with E-state index < -0.39 is 0 Å². The molecular formula is C17H21Cl2N. The minimum atomic E-state index is 0.644. The number of hydrogen-bond donors (Lipinski definition) is 1. The molecule has 0 radical (unpaired) electrons. The maximum absolute atomic E-state index is 6.10. The van der Waals surface area contributed by atoms with Gasteiger partial charge in [-0.2, -0.15) is 0 Å². The van der Waals surface area contributed by atoms with E-state index in [4.69, 9.17) is 23.2 Å². The maximum Gasteiger partial charge on any atom is 0.0595 e. The second-order valence-corrected chi connectivity index (χ2v) is 7.90. The Hall–Kier alpha value is -0.240. The van der Waals surface area contributed by atoms with Crippen molar-refractivity contribution in [3.8, 4) is 0 Å². The van der Waals surface area contributed by atoms with Crippen LogP contribution in [0.3, 0.4) is 0 Å². The Morgan fingerprint density at radius 2 is 1.55 bits per heavy atom. The minimum Gasteiger partial charge on any atom is -0.309 e. The summed E-state index contributed by atoms with van der Waals surface area (Å²) in [6.45, 7) is 0.921. The fourth-order valence-corrected chi connectivity index (χ4v) is 5.46. The molecule has 1 aromatic carbocycles. The zero-order valence-corrected chi connectivity index (χ0v) is 13.1. The number of halogens is 2. The van der Waals surface area contributed by atoms with Gasteiger partial charge in [-0.1, -0.05) is 29.3 Å². The van der Waals surface area contributed by atoms with Gasteiger partial charge < -0.3 is 5.32 Å². The molecule has 0 unspecified atom stereocenters. The SMILES string of the molecule is Clc1ccc(CNC2C3CC4CC(C3)CC2C4)cc1Cl. The molecule has 20 heavy (non-hydrogen) atoms. The van der Waals surface area contributed by atoms with Crippen LogP contribution < -0.4 is 5.32 Å². The molecule has 1 aromatic rings. The summed E-state index contributed by atoms with van der Waals surface area (Å²) >= 11 is 12.1. The van der Waals surface area contributed by atoms with Crippen LogP contribution >= 0.6 is 23.2 Å². The van der Waals surface area contributed by atoms with Crippen molar-refractivity contribution in [3.05, 3.63) is 33.8 Å². The van der Waals surface area contributed by atoms with Gasteiger partial charge in [0.15, 0.2) is 0 Å². The highest BCUT2D eigenvalue weighted by molar-refractivity contribution is 6.42. The average Bonchev–Trinajstić information content (AvgIpc) is 2.41. The van der Waals surface area contributed by atoms with Crippen LogP contribution in [-0.4, -0.2) is 6.04 Å². The molecule has 0 spiro atoms. The highest BCUT2D eigenvalue weighted by Gasteiger charge is 2.47. The molecule has 4 bridgehead atoms. The van der Waals surface area contributed by atoms with E-state index in [1.54, 1.807) is 0 Å². The average molecular weight is 310 g/mol. The quantitative estimate of drug-likeness (QED) is 0.836. The van der Waals surface area contributed by atoms with Crippen molar-refractivity contribution in [1.29, 1.82) is 0 Å². The lowest BCUT2D eigenvalue weighted by Gasteiger charge is -2.54. The molecular weight excluding hydrogens is 289 g/mol. The summed E-state index contributed by atoms with van der Waals surface area (Å²) in [6, 6.07) is 6.71. The predicted molar refractivity (Wildman–Crippen MR) is 84.1 cm³/mol. The normalized spacial score (nSPS) is 38.4. The number of hydrogen-bond acceptors (Lipinski definition) is 1. The van der Waals surface area contributed by atoms with E-state index in [1.807, 2.05) is 12.1 Å². The number of rotatable bonds is 3. The minimum absolute atomic E-state index is 0.644. The Morgan fingerprint density at radius 3 is 2.15 bits per heavy atom. The van der Waals surface area contributed by atoms with E-state index in [0.29, 0.717) is 10.0 Å². The fourth-order valence-electron chi connectivity index (χ4n) is 5.14. The first kappa shape index (κ1) is 13.4. The lowest BCUT2D eigenvalue weighted by atomic mass is 9.54. The lowest BCUT2D eigenvalue weighted by molar-refractivity contribution is -0.0142. The Balaban J connectivity index is 1.43. The molecule has 0 saturated heterocycles. The molecule has 4 aliphatic rings. The van der Waals surface area contributed by atoms with Crippen molar-refractivity contribution in [2.45, 2.75) is 44.7 Å². The molecule has 1 nitrogen and oxygen atoms in total. The van der Waals surface area contributed by atoms with Gasteiger partial charge in [0.25, 0.3) is 0 Å². The van der Waals surface area contributed by atoms with Crippen LogP contribution in [0.4, 0.5) is 0 Å². The largest absolute Gasteiger partial charge is 0.309 e. The Kier molecular flexibility index (Phi) is 3.48. The second-order valence-electron chi connectivity index (χ2n) is 7.09. The van der Waals surface area contributed by atoms with Crippen LogP contribution in [0, 0.1) is 23.7 Å². The highest BCUT2D eigenvalue weighted by Crippen LogP contribution is 2.53. The lowest BCUT2D eigenvalue weighted by Crippen LogP contribution is -2.54. The fraction of sp³-hybridized carbons (Fsp3) is 0.647. The molecule has 0 heterocycles. The summed E-state index contributed by atoms with van der Waals surface area (Å²) in [5.74, 6) is 3.93. The van der Waals surface area contributed by atoms with Gasteiger partial charge in [-0.15, -0.1) is 0 Å². The third kappa shape index (κ3) is 2.38. The third-order valence-corrected chi connectivity index (χ3v) is 6.49. The summed E-state index contributed by atoms with van der Waals surface area (Å²) < 4.78 is 0. The zero-order chi connectivity index (χ0) is 13.7. The van der Waals surface area contributed by atoms with Crippen molar-refractivity contribution < 1.29 is 0 Å². The smallest absolute Gasteiger partial charge is 0.0595 e. The van der Waals surface area contributed by atoms with Crippen molar-refractivity contribution >= 4 is 23.2 Å². The van der Waals surface area contributed by atoms with Gasteiger partial charge >= 0.3 is 0 Å². The van der Waals surface area contributed by atoms with Crippen LogP contribution in [-0.2, 0) is 6.54 Å². The van der Waals surface area contributed by atoms with Gasteiger partial charge in [0.1, 0.15) is 0 Å². The first-order valence-corrected chi connectivity index (χ1v) is 8.62. The monoisotopic (exact) mass is 309 g/mol. The molecule has 3 heteroatoms. The molecule has 0 aromatic heterocycles. The number of benzene rings is 1. The van der Waals surface area contributed by atoms with Gasteiger partial charge in [-0.05, 0) is 73.5 Å². The van der Waals surface area contributed by atoms with Gasteiger partial charge in [0, 0.05) is 12.6 Å². The van der Waals surface area contributed by atoms with Crippen molar-refractivity contribution in [1.82, 2.24) is 5.32 Å². The Bertz CT molecular complexity index is 486. The van der Waals surface area contributed by atoms with Crippen LogP contribution in [0.25, 0.3) is 0 Å². The summed E-state index contributed by atoms with van der Waals surface area (Å²) in [5.41, 5.74) is 1.24. The van der Waals surface area contributed by atoms with E-state index >= 15 is 0 Å². The summed E-state index contributed by atoms with van der Waals surface area (Å²) in [4.78, 5) is 0. The van der Waals surface area contributed by atoms with Crippen molar-refractivity contribution in [2.24, 2.45) is 23.7 Å². The topological polar surface area (TPSA) is 12.0 Å². The second kappa shape index (κ2) is 5.19. The summed E-state index contributed by atoms with van der Waals surface area (Å²) in [5, 5.41) is 5.13. The molecule has 4 aliphatic carbocycles. The summed E-state index contributed by atoms with van der Waals surface area (Å²) in [7, 11) is 0. The van der Waals surface area contributed by atoms with Crippen LogP contribution in [0.15, 0.2) is 18.2 Å². The summed E-state index contributed by atoms with van der Waals surface area (Å²) in [6.07, 6.45) is 7.38. The molecule has 0 amide bonds. The van der Waals surface area contributed by atoms with E-state index in [0.717, 1.165) is 36.3 Å². The molecule has 0 atom stereocenters. The van der Waals surface area contributed by atoms with Gasteiger partial charge in [0.05, 0.1) is 10.0 Å². The Labute approximate surface area is 131 Å². The molecule has 108 valence electrons. The maximum atomic E-state index is 6.10. The van der Waals surface area contributed by atoms with Crippen LogP contribution in [0.2, 0.25) is 10.0 Å². The highest BCUT2D eigenvalue weighted by atomic mass is 35.5. The van der Waals surface area contributed by atoms with E-state index in [9.17, 15) is 0 Å². The van der Waals surface area contributed by atoms with Crippen LogP contribution in [0.5, 0.6) is 0 Å². The molecule has 5 rings (SSSR count). The first-order chi connectivity index (χ1) is 9.69. The van der Waals surface area contributed by atoms with Gasteiger partial charge in [-0.3, -0.25) is 0 Å². The van der Waals surface area contributed by atoms with Gasteiger partial charge in [0.2, 0.25) is 0 Å². The van der Waals surface area contributed by atoms with Crippen molar-refractivity contribution in [2.75, 3.05) is 0 Å². The molecule has 4 saturated carbocycles.